The van der Waals surface area contributed by atoms with Crippen LogP contribution in [0.3, 0.4) is 0 Å². The van der Waals surface area contributed by atoms with E-state index < -0.39 is 0 Å². The average molecular weight is 396 g/mol. The van der Waals surface area contributed by atoms with Crippen LogP contribution in [-0.2, 0) is 0 Å². The summed E-state index contributed by atoms with van der Waals surface area (Å²) in [6, 6.07) is 10.8. The number of pyridine rings is 1. The number of rotatable bonds is 4. The molecule has 1 aromatic carbocycles. The van der Waals surface area contributed by atoms with Gasteiger partial charge < -0.3 is 10.1 Å². The van der Waals surface area contributed by atoms with Gasteiger partial charge in [0.25, 0.3) is 5.91 Å². The van der Waals surface area contributed by atoms with Crippen LogP contribution in [0.15, 0.2) is 36.4 Å². The Hall–Kier alpha value is -1.63. The molecule has 1 amide bonds. The lowest BCUT2D eigenvalue weighted by Crippen LogP contribution is -2.13. The Bertz CT molecular complexity index is 639. The van der Waals surface area contributed by atoms with Crippen LogP contribution in [0.5, 0.6) is 5.75 Å². The number of anilines is 1. The highest BCUT2D eigenvalue weighted by Gasteiger charge is 2.08. The first-order valence-corrected chi connectivity index (χ1v) is 7.75. The Balaban J connectivity index is 2.07. The van der Waals surface area contributed by atoms with E-state index in [1.807, 2.05) is 26.8 Å². The van der Waals surface area contributed by atoms with Crippen molar-refractivity contribution in [3.63, 3.8) is 0 Å². The zero-order valence-corrected chi connectivity index (χ0v) is 14.3. The third kappa shape index (κ3) is 4.42. The second-order valence-electron chi connectivity index (χ2n) is 4.91. The summed E-state index contributed by atoms with van der Waals surface area (Å²) in [5, 5.41) is 2.79. The van der Waals surface area contributed by atoms with Crippen LogP contribution in [0.25, 0.3) is 0 Å². The number of nitrogens with one attached hydrogen (secondary N) is 1. The van der Waals surface area contributed by atoms with Gasteiger partial charge in [-0.05, 0) is 79.8 Å². The molecule has 0 aliphatic heterocycles. The van der Waals surface area contributed by atoms with Gasteiger partial charge in [0, 0.05) is 9.13 Å². The SMILES string of the molecule is Cc1nc(NC(=O)c2ccc(OC(C)C)cc2)ccc1I. The maximum atomic E-state index is 12.2. The molecule has 110 valence electrons. The zero-order chi connectivity index (χ0) is 15.4. The lowest BCUT2D eigenvalue weighted by molar-refractivity contribution is 0.102. The molecule has 0 saturated carbocycles. The molecule has 0 aliphatic rings. The predicted molar refractivity (Wildman–Crippen MR) is 91.9 cm³/mol. The minimum Gasteiger partial charge on any atom is -0.491 e. The van der Waals surface area contributed by atoms with Gasteiger partial charge in [0.15, 0.2) is 0 Å². The fraction of sp³-hybridized carbons (Fsp3) is 0.250. The largest absolute Gasteiger partial charge is 0.491 e. The minimum atomic E-state index is -0.181. The summed E-state index contributed by atoms with van der Waals surface area (Å²) < 4.78 is 6.62. The van der Waals surface area contributed by atoms with E-state index in [0.717, 1.165) is 15.0 Å². The third-order valence-corrected chi connectivity index (χ3v) is 3.89. The Morgan fingerprint density at radius 2 is 1.86 bits per heavy atom. The molecule has 1 heterocycles. The number of benzene rings is 1. The van der Waals surface area contributed by atoms with Gasteiger partial charge in [-0.15, -0.1) is 0 Å². The molecule has 0 aliphatic carbocycles. The first-order valence-electron chi connectivity index (χ1n) is 6.67. The smallest absolute Gasteiger partial charge is 0.256 e. The minimum absolute atomic E-state index is 0.114. The van der Waals surface area contributed by atoms with Crippen LogP contribution >= 0.6 is 22.6 Å². The van der Waals surface area contributed by atoms with E-state index in [1.165, 1.54) is 0 Å². The molecule has 0 atom stereocenters. The van der Waals surface area contributed by atoms with E-state index in [2.05, 4.69) is 32.9 Å². The normalized spacial score (nSPS) is 10.5. The fourth-order valence-corrected chi connectivity index (χ4v) is 2.06. The van der Waals surface area contributed by atoms with Crippen molar-refractivity contribution in [3.05, 3.63) is 51.2 Å². The Morgan fingerprint density at radius 3 is 2.43 bits per heavy atom. The zero-order valence-electron chi connectivity index (χ0n) is 12.2. The third-order valence-electron chi connectivity index (χ3n) is 2.75. The molecule has 1 aromatic heterocycles. The number of hydrogen-bond acceptors (Lipinski definition) is 3. The highest BCUT2D eigenvalue weighted by atomic mass is 127. The molecule has 0 spiro atoms. The standard InChI is InChI=1S/C16H17IN2O2/c1-10(2)21-13-6-4-12(5-7-13)16(20)19-15-9-8-14(17)11(3)18-15/h4-10H,1-3H3,(H,18,19,20). The Morgan fingerprint density at radius 1 is 1.19 bits per heavy atom. The van der Waals surface area contributed by atoms with Crippen molar-refractivity contribution in [3.8, 4) is 5.75 Å². The number of nitrogens with zero attached hydrogens (tertiary/aromatic N) is 1. The molecule has 0 radical (unpaired) electrons. The van der Waals surface area contributed by atoms with E-state index in [-0.39, 0.29) is 12.0 Å². The molecule has 0 saturated heterocycles. The highest BCUT2D eigenvalue weighted by Crippen LogP contribution is 2.16. The van der Waals surface area contributed by atoms with Crippen LogP contribution in [0, 0.1) is 10.5 Å². The van der Waals surface area contributed by atoms with Gasteiger partial charge in [-0.3, -0.25) is 4.79 Å². The summed E-state index contributed by atoms with van der Waals surface area (Å²) in [5.41, 5.74) is 1.47. The van der Waals surface area contributed by atoms with Crippen molar-refractivity contribution in [2.24, 2.45) is 0 Å². The number of aryl methyl sites for hydroxylation is 1. The predicted octanol–water partition coefficient (Wildman–Crippen LogP) is 4.03. The molecule has 0 fully saturated rings. The lowest BCUT2D eigenvalue weighted by Gasteiger charge is -2.10. The molecule has 5 heteroatoms. The second-order valence-corrected chi connectivity index (χ2v) is 6.07. The van der Waals surface area contributed by atoms with Gasteiger partial charge in [-0.25, -0.2) is 4.98 Å². The first-order chi connectivity index (χ1) is 9.95. The number of ether oxygens (including phenoxy) is 1. The molecular weight excluding hydrogens is 379 g/mol. The first kappa shape index (κ1) is 15.8. The van der Waals surface area contributed by atoms with Crippen molar-refractivity contribution in [2.45, 2.75) is 26.9 Å². The van der Waals surface area contributed by atoms with E-state index in [9.17, 15) is 4.79 Å². The van der Waals surface area contributed by atoms with Crippen molar-refractivity contribution in [1.29, 1.82) is 0 Å². The number of carbonyl (C=O) groups excluding carboxylic acids is 1. The van der Waals surface area contributed by atoms with E-state index >= 15 is 0 Å². The monoisotopic (exact) mass is 396 g/mol. The summed E-state index contributed by atoms with van der Waals surface area (Å²) in [6.07, 6.45) is 0.114. The summed E-state index contributed by atoms with van der Waals surface area (Å²) in [5.74, 6) is 1.13. The van der Waals surface area contributed by atoms with Gasteiger partial charge in [0.05, 0.1) is 11.8 Å². The highest BCUT2D eigenvalue weighted by molar-refractivity contribution is 14.1. The van der Waals surface area contributed by atoms with Gasteiger partial charge in [-0.1, -0.05) is 0 Å². The van der Waals surface area contributed by atoms with Crippen molar-refractivity contribution >= 4 is 34.3 Å². The van der Waals surface area contributed by atoms with Crippen LogP contribution < -0.4 is 10.1 Å². The maximum Gasteiger partial charge on any atom is 0.256 e. The number of amides is 1. The maximum absolute atomic E-state index is 12.2. The van der Waals surface area contributed by atoms with E-state index in [0.29, 0.717) is 11.4 Å². The Kier molecular flexibility index (Phi) is 5.17. The molecule has 2 aromatic rings. The summed E-state index contributed by atoms with van der Waals surface area (Å²) in [7, 11) is 0. The molecule has 0 unspecified atom stereocenters. The molecule has 0 bridgehead atoms. The van der Waals surface area contributed by atoms with E-state index in [1.54, 1.807) is 30.3 Å². The number of hydrogen-bond donors (Lipinski definition) is 1. The van der Waals surface area contributed by atoms with Gasteiger partial charge in [0.1, 0.15) is 11.6 Å². The van der Waals surface area contributed by atoms with Crippen LogP contribution in [-0.4, -0.2) is 17.0 Å². The molecule has 21 heavy (non-hydrogen) atoms. The average Bonchev–Trinajstić information content (AvgIpc) is 2.43. The molecule has 2 rings (SSSR count). The number of carbonyl (C=O) groups is 1. The number of aromatic nitrogens is 1. The summed E-state index contributed by atoms with van der Waals surface area (Å²) in [4.78, 5) is 16.5. The Labute approximate surface area is 138 Å². The molecular formula is C16H17IN2O2. The molecule has 4 nitrogen and oxygen atoms in total. The van der Waals surface area contributed by atoms with E-state index in [4.69, 9.17) is 4.74 Å². The van der Waals surface area contributed by atoms with Crippen molar-refractivity contribution in [1.82, 2.24) is 4.98 Å². The number of halogens is 1. The second kappa shape index (κ2) is 6.89. The summed E-state index contributed by atoms with van der Waals surface area (Å²) >= 11 is 2.21. The van der Waals surface area contributed by atoms with Crippen molar-refractivity contribution in [2.75, 3.05) is 5.32 Å². The van der Waals surface area contributed by atoms with Crippen LogP contribution in [0.2, 0.25) is 0 Å². The molecule has 1 N–H and O–H groups in total. The van der Waals surface area contributed by atoms with Crippen molar-refractivity contribution < 1.29 is 9.53 Å². The van der Waals surface area contributed by atoms with Gasteiger partial charge >= 0.3 is 0 Å². The summed E-state index contributed by atoms with van der Waals surface area (Å²) in [6.45, 7) is 5.84. The topological polar surface area (TPSA) is 51.2 Å². The van der Waals surface area contributed by atoms with Crippen LogP contribution in [0.4, 0.5) is 5.82 Å². The fourth-order valence-electron chi connectivity index (χ4n) is 1.76. The van der Waals surface area contributed by atoms with Crippen LogP contribution in [0.1, 0.15) is 29.9 Å². The van der Waals surface area contributed by atoms with Gasteiger partial charge in [0.2, 0.25) is 0 Å². The lowest BCUT2D eigenvalue weighted by atomic mass is 10.2. The van der Waals surface area contributed by atoms with Gasteiger partial charge in [-0.2, -0.15) is 0 Å². The quantitative estimate of drug-likeness (QED) is 0.794.